The summed E-state index contributed by atoms with van der Waals surface area (Å²) in [4.78, 5) is 0. The molecule has 1 aliphatic carbocycles. The van der Waals surface area contributed by atoms with Gasteiger partial charge in [0.05, 0.1) is 0 Å². The maximum absolute atomic E-state index is 13.9. The number of halogens is 1. The van der Waals surface area contributed by atoms with Gasteiger partial charge in [-0.05, 0) is 52.0 Å². The number of hydrogen-bond acceptors (Lipinski definition) is 1. The summed E-state index contributed by atoms with van der Waals surface area (Å²) >= 11 is 0. The minimum atomic E-state index is -0.790. The van der Waals surface area contributed by atoms with Crippen LogP contribution in [0.2, 0.25) is 0 Å². The molecule has 0 fully saturated rings. The molecule has 0 saturated heterocycles. The van der Waals surface area contributed by atoms with Gasteiger partial charge in [0.25, 0.3) is 0 Å². The van der Waals surface area contributed by atoms with Crippen molar-refractivity contribution < 1.29 is 4.39 Å². The summed E-state index contributed by atoms with van der Waals surface area (Å²) in [5, 5.41) is 3.22. The summed E-state index contributed by atoms with van der Waals surface area (Å²) in [6.45, 7) is 6.67. The number of alkyl halides is 1. The molecule has 1 nitrogen and oxygen atoms in total. The lowest BCUT2D eigenvalue weighted by Crippen LogP contribution is -2.40. The van der Waals surface area contributed by atoms with Crippen LogP contribution in [0, 0.1) is 0 Å². The van der Waals surface area contributed by atoms with Crippen LogP contribution >= 0.6 is 0 Å². The Bertz CT molecular complexity index is 215. The van der Waals surface area contributed by atoms with E-state index >= 15 is 0 Å². The molecule has 0 radical (unpaired) electrons. The van der Waals surface area contributed by atoms with Gasteiger partial charge in [-0.1, -0.05) is 12.5 Å². The van der Waals surface area contributed by atoms with Gasteiger partial charge >= 0.3 is 0 Å². The first-order chi connectivity index (χ1) is 6.99. The van der Waals surface area contributed by atoms with Crippen LogP contribution < -0.4 is 5.32 Å². The van der Waals surface area contributed by atoms with E-state index in [2.05, 4.69) is 32.2 Å². The summed E-state index contributed by atoms with van der Waals surface area (Å²) in [6.07, 6.45) is 6.96. The first-order valence-corrected chi connectivity index (χ1v) is 6.07. The molecule has 88 valence electrons. The minimum absolute atomic E-state index is 0.00955. The van der Waals surface area contributed by atoms with Crippen molar-refractivity contribution in [3.8, 4) is 0 Å². The second kappa shape index (κ2) is 5.64. The Labute approximate surface area is 93.1 Å². The largest absolute Gasteiger partial charge is 0.309 e. The molecule has 15 heavy (non-hydrogen) atoms. The molecule has 0 spiro atoms. The van der Waals surface area contributed by atoms with Crippen LogP contribution in [-0.4, -0.2) is 18.3 Å². The molecule has 0 heterocycles. The molecular formula is C13H24FN. The SMILES string of the molecule is CC(C)(C)NCC(F)C1=CCCCCC1. The molecule has 1 atom stereocenters. The van der Waals surface area contributed by atoms with E-state index in [0.29, 0.717) is 6.54 Å². The van der Waals surface area contributed by atoms with E-state index in [4.69, 9.17) is 0 Å². The molecule has 1 N–H and O–H groups in total. The molecule has 1 rings (SSSR count). The molecule has 0 aliphatic heterocycles. The summed E-state index contributed by atoms with van der Waals surface area (Å²) in [5.41, 5.74) is 1.03. The molecule has 0 saturated carbocycles. The van der Waals surface area contributed by atoms with Gasteiger partial charge in [-0.2, -0.15) is 0 Å². The maximum atomic E-state index is 13.9. The molecule has 0 bridgehead atoms. The van der Waals surface area contributed by atoms with Gasteiger partial charge in [0.15, 0.2) is 0 Å². The predicted octanol–water partition coefficient (Wildman–Crippen LogP) is 3.60. The third-order valence-electron chi connectivity index (χ3n) is 2.79. The van der Waals surface area contributed by atoms with Crippen molar-refractivity contribution in [2.45, 2.75) is 64.6 Å². The quantitative estimate of drug-likeness (QED) is 0.706. The van der Waals surface area contributed by atoms with E-state index in [-0.39, 0.29) is 5.54 Å². The van der Waals surface area contributed by atoms with Gasteiger partial charge in [0.1, 0.15) is 6.17 Å². The Morgan fingerprint density at radius 1 is 1.33 bits per heavy atom. The van der Waals surface area contributed by atoms with Gasteiger partial charge in [0.2, 0.25) is 0 Å². The highest BCUT2D eigenvalue weighted by molar-refractivity contribution is 5.10. The molecule has 2 heteroatoms. The van der Waals surface area contributed by atoms with Crippen LogP contribution in [0.1, 0.15) is 52.9 Å². The van der Waals surface area contributed by atoms with Crippen molar-refractivity contribution in [2.75, 3.05) is 6.54 Å². The van der Waals surface area contributed by atoms with Crippen LogP contribution in [0.25, 0.3) is 0 Å². The Hall–Kier alpha value is -0.370. The highest BCUT2D eigenvalue weighted by Gasteiger charge is 2.17. The molecule has 0 aromatic rings. The third kappa shape index (κ3) is 5.31. The van der Waals surface area contributed by atoms with E-state index < -0.39 is 6.17 Å². The summed E-state index contributed by atoms with van der Waals surface area (Å²) < 4.78 is 13.9. The lowest BCUT2D eigenvalue weighted by atomic mass is 10.0. The van der Waals surface area contributed by atoms with E-state index in [0.717, 1.165) is 24.8 Å². The fourth-order valence-corrected chi connectivity index (χ4v) is 1.85. The second-order valence-corrected chi connectivity index (χ2v) is 5.48. The third-order valence-corrected chi connectivity index (χ3v) is 2.79. The number of hydrogen-bond donors (Lipinski definition) is 1. The van der Waals surface area contributed by atoms with E-state index in [1.165, 1.54) is 12.8 Å². The lowest BCUT2D eigenvalue weighted by molar-refractivity contribution is 0.313. The summed E-state index contributed by atoms with van der Waals surface area (Å²) in [6, 6.07) is 0. The van der Waals surface area contributed by atoms with Gasteiger partial charge in [-0.15, -0.1) is 0 Å². The predicted molar refractivity (Wildman–Crippen MR) is 63.8 cm³/mol. The Kier molecular flexibility index (Phi) is 4.78. The number of nitrogens with one attached hydrogen (secondary N) is 1. The minimum Gasteiger partial charge on any atom is -0.309 e. The Morgan fingerprint density at radius 3 is 2.73 bits per heavy atom. The van der Waals surface area contributed by atoms with E-state index in [9.17, 15) is 4.39 Å². The van der Waals surface area contributed by atoms with Crippen LogP contribution in [0.5, 0.6) is 0 Å². The number of allylic oxidation sites excluding steroid dienone is 1. The second-order valence-electron chi connectivity index (χ2n) is 5.48. The van der Waals surface area contributed by atoms with E-state index in [1.807, 2.05) is 0 Å². The van der Waals surface area contributed by atoms with Crippen molar-refractivity contribution in [1.82, 2.24) is 5.32 Å². The lowest BCUT2D eigenvalue weighted by Gasteiger charge is -2.23. The van der Waals surface area contributed by atoms with Crippen LogP contribution in [0.3, 0.4) is 0 Å². The highest BCUT2D eigenvalue weighted by Crippen LogP contribution is 2.21. The smallest absolute Gasteiger partial charge is 0.134 e. The van der Waals surface area contributed by atoms with Crippen molar-refractivity contribution in [3.05, 3.63) is 11.6 Å². The monoisotopic (exact) mass is 213 g/mol. The zero-order valence-corrected chi connectivity index (χ0v) is 10.3. The molecular weight excluding hydrogens is 189 g/mol. The average Bonchev–Trinajstić information content (AvgIpc) is 2.41. The van der Waals surface area contributed by atoms with Crippen LogP contribution in [-0.2, 0) is 0 Å². The zero-order valence-electron chi connectivity index (χ0n) is 10.3. The number of rotatable bonds is 3. The fraction of sp³-hybridized carbons (Fsp3) is 0.846. The molecule has 1 aliphatic rings. The van der Waals surface area contributed by atoms with E-state index in [1.54, 1.807) is 0 Å². The first kappa shape index (κ1) is 12.7. The van der Waals surface area contributed by atoms with Crippen molar-refractivity contribution in [3.63, 3.8) is 0 Å². The Morgan fingerprint density at radius 2 is 2.07 bits per heavy atom. The first-order valence-electron chi connectivity index (χ1n) is 6.07. The van der Waals surface area contributed by atoms with Crippen LogP contribution in [0.4, 0.5) is 4.39 Å². The Balaban J connectivity index is 2.38. The van der Waals surface area contributed by atoms with Crippen molar-refractivity contribution >= 4 is 0 Å². The fourth-order valence-electron chi connectivity index (χ4n) is 1.85. The van der Waals surface area contributed by atoms with Gasteiger partial charge in [-0.25, -0.2) is 4.39 Å². The van der Waals surface area contributed by atoms with Crippen molar-refractivity contribution in [1.29, 1.82) is 0 Å². The summed E-state index contributed by atoms with van der Waals surface area (Å²) in [7, 11) is 0. The van der Waals surface area contributed by atoms with Crippen molar-refractivity contribution in [2.24, 2.45) is 0 Å². The standard InChI is InChI=1S/C13H24FN/c1-13(2,3)15-10-12(14)11-8-6-4-5-7-9-11/h8,12,15H,4-7,9-10H2,1-3H3. The summed E-state index contributed by atoms with van der Waals surface area (Å²) in [5.74, 6) is 0. The van der Waals surface area contributed by atoms with Gasteiger partial charge < -0.3 is 5.32 Å². The maximum Gasteiger partial charge on any atom is 0.134 e. The normalized spacial score (nSPS) is 20.7. The molecule has 1 unspecified atom stereocenters. The highest BCUT2D eigenvalue weighted by atomic mass is 19.1. The molecule has 0 aromatic carbocycles. The molecule has 0 aromatic heterocycles. The zero-order chi connectivity index (χ0) is 11.3. The van der Waals surface area contributed by atoms with Gasteiger partial charge in [0, 0.05) is 12.1 Å². The topological polar surface area (TPSA) is 12.0 Å². The average molecular weight is 213 g/mol. The molecule has 0 amide bonds. The van der Waals surface area contributed by atoms with Gasteiger partial charge in [-0.3, -0.25) is 0 Å². The van der Waals surface area contributed by atoms with Crippen LogP contribution in [0.15, 0.2) is 11.6 Å².